The molecular weight excluding hydrogens is 564 g/mol. The molecule has 3 N–H and O–H groups in total. The molecule has 222 valence electrons. The number of amides is 1. The standard InChI is InChI=1S/C29H38N4O6S2/c1-40(36,37)33-25-5-3-2-4-22(25)24-18-20(7-9-26(24)33)30-28(35)23-8-6-21(31-41(38,39)17-16-34)19-27(23)32-14-12-29(10-11-29)13-15-32/h6-9,18-19,22,25,31,34H,2-5,10-17H2,1H3,(H,30,35). The zero-order chi connectivity index (χ0) is 29.0. The fraction of sp³-hybridized carbons (Fsp3) is 0.552. The minimum atomic E-state index is -3.72. The normalized spacial score (nSPS) is 23.2. The first-order chi connectivity index (χ1) is 19.5. The molecule has 12 heteroatoms. The van der Waals surface area contributed by atoms with Gasteiger partial charge in [-0.3, -0.25) is 13.8 Å². The van der Waals surface area contributed by atoms with Crippen LogP contribution in [0.25, 0.3) is 0 Å². The molecule has 2 unspecified atom stereocenters. The van der Waals surface area contributed by atoms with E-state index in [1.54, 1.807) is 34.6 Å². The van der Waals surface area contributed by atoms with E-state index in [1.807, 2.05) is 6.07 Å². The van der Waals surface area contributed by atoms with Crippen molar-refractivity contribution in [2.75, 3.05) is 50.9 Å². The molecule has 2 aliphatic carbocycles. The molecule has 0 radical (unpaired) electrons. The van der Waals surface area contributed by atoms with Crippen LogP contribution >= 0.6 is 0 Å². The summed E-state index contributed by atoms with van der Waals surface area (Å²) in [5.41, 5.74) is 4.14. The number of nitrogens with zero attached hydrogens (tertiary/aromatic N) is 2. The molecule has 4 aliphatic rings. The van der Waals surface area contributed by atoms with Crippen LogP contribution in [0.2, 0.25) is 0 Å². The summed E-state index contributed by atoms with van der Waals surface area (Å²) in [6, 6.07) is 10.3. The average molecular weight is 603 g/mol. The van der Waals surface area contributed by atoms with Crippen molar-refractivity contribution < 1.29 is 26.7 Å². The quantitative estimate of drug-likeness (QED) is 0.418. The van der Waals surface area contributed by atoms with Crippen LogP contribution in [0.1, 0.15) is 73.2 Å². The van der Waals surface area contributed by atoms with Crippen molar-refractivity contribution in [1.29, 1.82) is 0 Å². The van der Waals surface area contributed by atoms with E-state index >= 15 is 0 Å². The van der Waals surface area contributed by atoms with Crippen molar-refractivity contribution in [3.63, 3.8) is 0 Å². The summed E-state index contributed by atoms with van der Waals surface area (Å²) in [5, 5.41) is 12.1. The Kier molecular flexibility index (Phi) is 7.22. The molecule has 1 spiro atoms. The topological polar surface area (TPSA) is 136 Å². The van der Waals surface area contributed by atoms with Gasteiger partial charge in [0.1, 0.15) is 0 Å². The highest BCUT2D eigenvalue weighted by Crippen LogP contribution is 2.54. The van der Waals surface area contributed by atoms with Crippen LogP contribution in [0.3, 0.4) is 0 Å². The van der Waals surface area contributed by atoms with Gasteiger partial charge in [-0.05, 0) is 85.9 Å². The van der Waals surface area contributed by atoms with Crippen molar-refractivity contribution >= 4 is 48.7 Å². The van der Waals surface area contributed by atoms with Crippen molar-refractivity contribution in [3.05, 3.63) is 47.5 Å². The minimum Gasteiger partial charge on any atom is -0.395 e. The number of piperidine rings is 1. The Morgan fingerprint density at radius 1 is 0.951 bits per heavy atom. The largest absolute Gasteiger partial charge is 0.395 e. The molecule has 3 fully saturated rings. The Hall–Kier alpha value is -2.83. The maximum Gasteiger partial charge on any atom is 0.257 e. The van der Waals surface area contributed by atoms with Crippen LogP contribution < -0.4 is 19.2 Å². The number of nitrogens with one attached hydrogen (secondary N) is 2. The van der Waals surface area contributed by atoms with Gasteiger partial charge in [0.2, 0.25) is 20.0 Å². The maximum atomic E-state index is 13.7. The molecule has 2 aromatic rings. The molecule has 2 atom stereocenters. The number of aliphatic hydroxyl groups is 1. The molecule has 1 amide bonds. The van der Waals surface area contributed by atoms with Crippen LogP contribution in [-0.4, -0.2) is 65.6 Å². The Labute approximate surface area is 242 Å². The zero-order valence-electron chi connectivity index (χ0n) is 23.3. The monoisotopic (exact) mass is 602 g/mol. The van der Waals surface area contributed by atoms with Gasteiger partial charge in [0.05, 0.1) is 47.3 Å². The number of carbonyl (C=O) groups is 1. The summed E-state index contributed by atoms with van der Waals surface area (Å²) in [4.78, 5) is 15.9. The van der Waals surface area contributed by atoms with E-state index in [4.69, 9.17) is 5.11 Å². The van der Waals surface area contributed by atoms with E-state index in [1.165, 1.54) is 19.1 Å². The number of sulfonamides is 2. The van der Waals surface area contributed by atoms with Gasteiger partial charge in [0.25, 0.3) is 5.91 Å². The molecule has 2 aromatic carbocycles. The highest BCUT2D eigenvalue weighted by molar-refractivity contribution is 7.92. The SMILES string of the molecule is CS(=O)(=O)N1c2ccc(NC(=O)c3ccc(NS(=O)(=O)CCO)cc3N3CCC4(CC3)CC4)cc2C2CCCCC21. The number of fused-ring (bicyclic) bond motifs is 3. The molecule has 0 bridgehead atoms. The van der Waals surface area contributed by atoms with E-state index in [0.29, 0.717) is 33.7 Å². The number of carbonyl (C=O) groups excluding carboxylic acids is 1. The molecule has 41 heavy (non-hydrogen) atoms. The van der Waals surface area contributed by atoms with Crippen molar-refractivity contribution in [2.45, 2.75) is 63.3 Å². The molecule has 0 aromatic heterocycles. The summed E-state index contributed by atoms with van der Waals surface area (Å²) in [6.07, 6.45) is 9.60. The van der Waals surface area contributed by atoms with E-state index in [0.717, 1.165) is 57.2 Å². The summed E-state index contributed by atoms with van der Waals surface area (Å²) >= 11 is 0. The summed E-state index contributed by atoms with van der Waals surface area (Å²) in [7, 11) is -7.15. The second-order valence-electron chi connectivity index (χ2n) is 12.1. The van der Waals surface area contributed by atoms with Gasteiger partial charge in [-0.25, -0.2) is 16.8 Å². The van der Waals surface area contributed by atoms with E-state index in [-0.39, 0.29) is 17.9 Å². The van der Waals surface area contributed by atoms with Crippen molar-refractivity contribution in [1.82, 2.24) is 0 Å². The van der Waals surface area contributed by atoms with E-state index < -0.39 is 32.4 Å². The lowest BCUT2D eigenvalue weighted by molar-refractivity contribution is 0.102. The van der Waals surface area contributed by atoms with Crippen LogP contribution in [0, 0.1) is 5.41 Å². The number of rotatable bonds is 8. The third kappa shape index (κ3) is 5.65. The summed E-state index contributed by atoms with van der Waals surface area (Å²) in [5.74, 6) is -0.613. The van der Waals surface area contributed by atoms with Crippen LogP contribution in [0.5, 0.6) is 0 Å². The molecule has 6 rings (SSSR count). The molecule has 10 nitrogen and oxygen atoms in total. The van der Waals surface area contributed by atoms with Gasteiger partial charge in [0.15, 0.2) is 0 Å². The highest BCUT2D eigenvalue weighted by atomic mass is 32.2. The van der Waals surface area contributed by atoms with Crippen LogP contribution in [0.4, 0.5) is 22.7 Å². The number of hydrogen-bond donors (Lipinski definition) is 3. The Bertz CT molecular complexity index is 1560. The third-order valence-electron chi connectivity index (χ3n) is 9.31. The first kappa shape index (κ1) is 28.3. The molecular formula is C29H38N4O6S2. The average Bonchev–Trinajstić information content (AvgIpc) is 3.58. The van der Waals surface area contributed by atoms with E-state index in [9.17, 15) is 21.6 Å². The van der Waals surface area contributed by atoms with Gasteiger partial charge in [-0.15, -0.1) is 0 Å². The Balaban J connectivity index is 1.29. The summed E-state index contributed by atoms with van der Waals surface area (Å²) < 4.78 is 54.1. The minimum absolute atomic E-state index is 0.0812. The summed E-state index contributed by atoms with van der Waals surface area (Å²) in [6.45, 7) is 1.09. The Morgan fingerprint density at radius 3 is 2.34 bits per heavy atom. The van der Waals surface area contributed by atoms with Crippen molar-refractivity contribution in [2.24, 2.45) is 5.41 Å². The number of hydrogen-bond acceptors (Lipinski definition) is 7. The zero-order valence-corrected chi connectivity index (χ0v) is 24.9. The number of benzene rings is 2. The molecule has 1 saturated heterocycles. The first-order valence-electron chi connectivity index (χ1n) is 14.4. The lowest BCUT2D eigenvalue weighted by Gasteiger charge is -2.35. The fourth-order valence-corrected chi connectivity index (χ4v) is 9.08. The molecule has 2 heterocycles. The first-order valence-corrected chi connectivity index (χ1v) is 17.9. The van der Waals surface area contributed by atoms with Gasteiger partial charge in [0, 0.05) is 24.7 Å². The lowest BCUT2D eigenvalue weighted by atomic mass is 9.82. The predicted molar refractivity (Wildman–Crippen MR) is 161 cm³/mol. The van der Waals surface area contributed by atoms with Gasteiger partial charge in [-0.1, -0.05) is 12.8 Å². The molecule has 2 saturated carbocycles. The smallest absolute Gasteiger partial charge is 0.257 e. The molecule has 2 aliphatic heterocycles. The second kappa shape index (κ2) is 10.5. The van der Waals surface area contributed by atoms with Crippen LogP contribution in [-0.2, 0) is 20.0 Å². The van der Waals surface area contributed by atoms with Gasteiger partial charge < -0.3 is 15.3 Å². The third-order valence-corrected chi connectivity index (χ3v) is 11.8. The van der Waals surface area contributed by atoms with Crippen LogP contribution in [0.15, 0.2) is 36.4 Å². The number of aliphatic hydroxyl groups excluding tert-OH is 1. The van der Waals surface area contributed by atoms with E-state index in [2.05, 4.69) is 14.9 Å². The Morgan fingerprint density at radius 2 is 1.66 bits per heavy atom. The van der Waals surface area contributed by atoms with Crippen molar-refractivity contribution in [3.8, 4) is 0 Å². The van der Waals surface area contributed by atoms with Gasteiger partial charge in [-0.2, -0.15) is 0 Å². The number of anilines is 4. The fourth-order valence-electron chi connectivity index (χ4n) is 6.98. The maximum absolute atomic E-state index is 13.7. The van der Waals surface area contributed by atoms with Gasteiger partial charge >= 0.3 is 0 Å². The second-order valence-corrected chi connectivity index (χ2v) is 15.8. The predicted octanol–water partition coefficient (Wildman–Crippen LogP) is 3.86. The lowest BCUT2D eigenvalue weighted by Crippen LogP contribution is -2.39. The highest BCUT2D eigenvalue weighted by Gasteiger charge is 2.45.